The minimum absolute atomic E-state index is 0.107. The normalized spacial score (nSPS) is 18.3. The van der Waals surface area contributed by atoms with E-state index in [4.69, 9.17) is 21.1 Å². The Morgan fingerprint density at radius 2 is 1.79 bits per heavy atom. The summed E-state index contributed by atoms with van der Waals surface area (Å²) in [6, 6.07) is 20.7. The van der Waals surface area contributed by atoms with Crippen LogP contribution in [0.15, 0.2) is 78.4 Å². The van der Waals surface area contributed by atoms with Crippen molar-refractivity contribution in [2.45, 2.75) is 31.3 Å². The van der Waals surface area contributed by atoms with Crippen LogP contribution < -0.4 is 10.1 Å². The molecule has 2 aliphatic heterocycles. The molecule has 0 aliphatic carbocycles. The first-order valence-corrected chi connectivity index (χ1v) is 13.0. The molecule has 1 saturated heterocycles. The summed E-state index contributed by atoms with van der Waals surface area (Å²) in [4.78, 5) is 27.9. The maximum Gasteiger partial charge on any atom is 0.336 e. The van der Waals surface area contributed by atoms with Gasteiger partial charge in [-0.25, -0.2) is 14.0 Å². The Labute approximate surface area is 226 Å². The molecule has 2 atom stereocenters. The number of fused-ring (bicyclic) bond motifs is 2. The highest BCUT2D eigenvalue weighted by Crippen LogP contribution is 2.44. The number of hydrogen-bond acceptors (Lipinski definition) is 4. The number of benzene rings is 3. The van der Waals surface area contributed by atoms with Gasteiger partial charge in [-0.15, -0.1) is 0 Å². The van der Waals surface area contributed by atoms with Crippen molar-refractivity contribution < 1.29 is 23.5 Å². The smallest absolute Gasteiger partial charge is 0.336 e. The van der Waals surface area contributed by atoms with Crippen LogP contribution in [-0.4, -0.2) is 49.2 Å². The third-order valence-electron chi connectivity index (χ3n) is 7.12. The molecule has 1 N–H and O–H groups in total. The monoisotopic (exact) mass is 534 g/mol. The number of carbonyl (C=O) groups is 2. The second-order valence-electron chi connectivity index (χ2n) is 9.31. The quantitative estimate of drug-likeness (QED) is 0.294. The van der Waals surface area contributed by atoms with E-state index in [0.717, 1.165) is 17.6 Å². The summed E-state index contributed by atoms with van der Waals surface area (Å²) in [5, 5.41) is 3.40. The zero-order chi connectivity index (χ0) is 26.6. The molecule has 3 aromatic carbocycles. The summed E-state index contributed by atoms with van der Waals surface area (Å²) in [5.74, 6) is -0.318. The highest BCUT2D eigenvalue weighted by molar-refractivity contribution is 6.32. The van der Waals surface area contributed by atoms with Crippen LogP contribution in [0.1, 0.15) is 24.8 Å². The lowest BCUT2D eigenvalue weighted by atomic mass is 9.87. The van der Waals surface area contributed by atoms with Gasteiger partial charge in [-0.05, 0) is 54.2 Å². The molecule has 2 heterocycles. The number of rotatable bonds is 7. The van der Waals surface area contributed by atoms with Crippen molar-refractivity contribution in [1.29, 1.82) is 0 Å². The Bertz CT molecular complexity index is 1380. The van der Waals surface area contributed by atoms with Crippen LogP contribution >= 0.6 is 11.6 Å². The van der Waals surface area contributed by atoms with Crippen molar-refractivity contribution >= 4 is 29.2 Å². The average molecular weight is 535 g/mol. The second-order valence-corrected chi connectivity index (χ2v) is 9.72. The number of urea groups is 1. The molecule has 0 aromatic heterocycles. The van der Waals surface area contributed by atoms with Crippen molar-refractivity contribution in [3.63, 3.8) is 0 Å². The van der Waals surface area contributed by atoms with Gasteiger partial charge in [0.2, 0.25) is 0 Å². The second kappa shape index (κ2) is 11.3. The Morgan fingerprint density at radius 3 is 2.53 bits per heavy atom. The van der Waals surface area contributed by atoms with Gasteiger partial charge < -0.3 is 19.7 Å². The molecule has 196 valence electrons. The molecule has 0 spiro atoms. The first-order chi connectivity index (χ1) is 18.5. The number of nitrogens with one attached hydrogen (secondary N) is 1. The van der Waals surface area contributed by atoms with Gasteiger partial charge in [0.25, 0.3) is 0 Å². The van der Waals surface area contributed by atoms with Crippen LogP contribution in [0, 0.1) is 5.82 Å². The molecule has 2 bridgehead atoms. The van der Waals surface area contributed by atoms with E-state index in [0.29, 0.717) is 40.3 Å². The fourth-order valence-corrected chi connectivity index (χ4v) is 5.58. The predicted molar refractivity (Wildman–Crippen MR) is 144 cm³/mol. The number of ether oxygens (including phenoxy) is 2. The summed E-state index contributed by atoms with van der Waals surface area (Å²) in [5.41, 5.74) is 3.05. The summed E-state index contributed by atoms with van der Waals surface area (Å²) < 4.78 is 26.0. The standard InChI is InChI=1S/C30H28ClFN2O4/c1-37-29(35)28-23(20-11-13-22(25(32)17-20)19-7-3-2-4-8-19)18-21-12-14-26(28)34(21)30(36)33-15-16-38-27-10-6-5-9-24(27)31/h2-11,13,17,21,26H,12,14-16,18H2,1H3,(H,33,36). The predicted octanol–water partition coefficient (Wildman–Crippen LogP) is 6.10. The lowest BCUT2D eigenvalue weighted by Gasteiger charge is -2.37. The molecule has 38 heavy (non-hydrogen) atoms. The lowest BCUT2D eigenvalue weighted by Crippen LogP contribution is -2.51. The van der Waals surface area contributed by atoms with Crippen LogP contribution in [0.25, 0.3) is 16.7 Å². The zero-order valence-corrected chi connectivity index (χ0v) is 21.7. The van der Waals surface area contributed by atoms with E-state index in [1.807, 2.05) is 48.5 Å². The number of halogens is 2. The molecule has 6 nitrogen and oxygen atoms in total. The maximum absolute atomic E-state index is 15.2. The molecule has 5 rings (SSSR count). The van der Waals surface area contributed by atoms with Gasteiger partial charge in [-0.2, -0.15) is 0 Å². The fraction of sp³-hybridized carbons (Fsp3) is 0.267. The number of amides is 2. The number of esters is 1. The lowest BCUT2D eigenvalue weighted by molar-refractivity contribution is -0.136. The minimum atomic E-state index is -0.502. The van der Waals surface area contributed by atoms with Crippen LogP contribution in [0.2, 0.25) is 5.02 Å². The number of carbonyl (C=O) groups excluding carboxylic acids is 2. The van der Waals surface area contributed by atoms with E-state index in [2.05, 4.69) is 5.32 Å². The van der Waals surface area contributed by atoms with Crippen molar-refractivity contribution in [3.05, 3.63) is 94.8 Å². The highest BCUT2D eigenvalue weighted by atomic mass is 35.5. The van der Waals surface area contributed by atoms with Crippen LogP contribution in [0.3, 0.4) is 0 Å². The van der Waals surface area contributed by atoms with Gasteiger partial charge in [0.1, 0.15) is 18.2 Å². The van der Waals surface area contributed by atoms with Gasteiger partial charge in [0.15, 0.2) is 0 Å². The highest BCUT2D eigenvalue weighted by Gasteiger charge is 2.46. The maximum atomic E-state index is 15.2. The molecule has 3 aromatic rings. The summed E-state index contributed by atoms with van der Waals surface area (Å²) >= 11 is 6.11. The van der Waals surface area contributed by atoms with E-state index in [1.54, 1.807) is 23.1 Å². The van der Waals surface area contributed by atoms with Gasteiger partial charge in [0.05, 0.1) is 30.3 Å². The Balaban J connectivity index is 1.35. The van der Waals surface area contributed by atoms with Gasteiger partial charge >= 0.3 is 12.0 Å². The Hall–Kier alpha value is -3.84. The molecular formula is C30H28ClFN2O4. The zero-order valence-electron chi connectivity index (χ0n) is 21.0. The van der Waals surface area contributed by atoms with Crippen molar-refractivity contribution in [2.75, 3.05) is 20.3 Å². The first kappa shape index (κ1) is 25.8. The van der Waals surface area contributed by atoms with Gasteiger partial charge in [-0.1, -0.05) is 66.2 Å². The van der Waals surface area contributed by atoms with Crippen molar-refractivity contribution in [3.8, 4) is 16.9 Å². The van der Waals surface area contributed by atoms with Crippen molar-refractivity contribution in [1.82, 2.24) is 10.2 Å². The molecule has 8 heteroatoms. The third kappa shape index (κ3) is 5.11. The molecule has 2 amide bonds. The summed E-state index contributed by atoms with van der Waals surface area (Å²) in [6.45, 7) is 0.521. The van der Waals surface area contributed by atoms with E-state index in [9.17, 15) is 9.59 Å². The summed E-state index contributed by atoms with van der Waals surface area (Å²) in [6.07, 6.45) is 1.81. The first-order valence-electron chi connectivity index (χ1n) is 12.6. The van der Waals surface area contributed by atoms with Crippen LogP contribution in [-0.2, 0) is 9.53 Å². The number of methoxy groups -OCH3 is 1. The molecule has 0 radical (unpaired) electrons. The fourth-order valence-electron chi connectivity index (χ4n) is 5.39. The number of hydrogen-bond donors (Lipinski definition) is 1. The number of nitrogens with zero attached hydrogens (tertiary/aromatic N) is 1. The largest absolute Gasteiger partial charge is 0.490 e. The topological polar surface area (TPSA) is 67.9 Å². The van der Waals surface area contributed by atoms with Crippen LogP contribution in [0.4, 0.5) is 9.18 Å². The van der Waals surface area contributed by atoms with Gasteiger partial charge in [0, 0.05) is 11.6 Å². The van der Waals surface area contributed by atoms with E-state index >= 15 is 4.39 Å². The van der Waals surface area contributed by atoms with E-state index in [1.165, 1.54) is 13.2 Å². The molecule has 2 unspecified atom stereocenters. The molecule has 1 fully saturated rings. The average Bonchev–Trinajstić information content (AvgIpc) is 3.25. The number of para-hydroxylation sites is 1. The molecule has 0 saturated carbocycles. The molecule has 2 aliphatic rings. The van der Waals surface area contributed by atoms with Crippen molar-refractivity contribution in [2.24, 2.45) is 0 Å². The van der Waals surface area contributed by atoms with E-state index in [-0.39, 0.29) is 31.0 Å². The Kier molecular flexibility index (Phi) is 7.65. The Morgan fingerprint density at radius 1 is 1.03 bits per heavy atom. The van der Waals surface area contributed by atoms with Gasteiger partial charge in [-0.3, -0.25) is 0 Å². The SMILES string of the molecule is COC(=O)C1=C(c2ccc(-c3ccccc3)c(F)c2)CC2CCC1N2C(=O)NCCOc1ccccc1Cl. The summed E-state index contributed by atoms with van der Waals surface area (Å²) in [7, 11) is 1.32. The van der Waals surface area contributed by atoms with E-state index < -0.39 is 12.0 Å². The third-order valence-corrected chi connectivity index (χ3v) is 7.43. The molecular weight excluding hydrogens is 507 g/mol. The minimum Gasteiger partial charge on any atom is -0.490 e. The van der Waals surface area contributed by atoms with Crippen LogP contribution in [0.5, 0.6) is 5.75 Å².